The lowest BCUT2D eigenvalue weighted by atomic mass is 10.1. The summed E-state index contributed by atoms with van der Waals surface area (Å²) in [6, 6.07) is 10.0. The minimum atomic E-state index is 0.584. The van der Waals surface area contributed by atoms with Gasteiger partial charge in [-0.05, 0) is 12.5 Å². The zero-order valence-electron chi connectivity index (χ0n) is 8.84. The highest BCUT2D eigenvalue weighted by atomic mass is 16.3. The second-order valence-electron chi connectivity index (χ2n) is 3.67. The van der Waals surface area contributed by atoms with Gasteiger partial charge in [-0.2, -0.15) is 0 Å². The first-order valence-corrected chi connectivity index (χ1v) is 5.11. The summed E-state index contributed by atoms with van der Waals surface area (Å²) in [5.41, 5.74) is 3.64. The van der Waals surface area contributed by atoms with E-state index < -0.39 is 0 Å². The highest BCUT2D eigenvalue weighted by molar-refractivity contribution is 5.76. The number of nitrogens with zero attached hydrogens (tertiary/aromatic N) is 2. The lowest BCUT2D eigenvalue weighted by Crippen LogP contribution is -1.78. The number of hydrogen-bond acceptors (Lipinski definition) is 3. The molecule has 0 radical (unpaired) electrons. The van der Waals surface area contributed by atoms with Crippen molar-refractivity contribution in [2.24, 2.45) is 0 Å². The van der Waals surface area contributed by atoms with Crippen LogP contribution in [0.2, 0.25) is 0 Å². The molecule has 0 N–H and O–H groups in total. The standard InChI is InChI=1S/C13H10N2O/c1-9-4-2-3-5-10(9)12-8-11-13(16-12)15-7-6-14-11/h2-8H,1H3. The Bertz CT molecular complexity index is 610. The zero-order valence-corrected chi connectivity index (χ0v) is 8.84. The second-order valence-corrected chi connectivity index (χ2v) is 3.67. The molecule has 3 heteroatoms. The summed E-state index contributed by atoms with van der Waals surface area (Å²) < 4.78 is 5.66. The van der Waals surface area contributed by atoms with E-state index in [1.54, 1.807) is 12.4 Å². The Morgan fingerprint density at radius 1 is 1.06 bits per heavy atom. The molecular weight excluding hydrogens is 200 g/mol. The average Bonchev–Trinajstić information content (AvgIpc) is 2.73. The molecule has 0 bridgehead atoms. The molecule has 3 nitrogen and oxygen atoms in total. The molecule has 0 aliphatic carbocycles. The Hall–Kier alpha value is -2.16. The van der Waals surface area contributed by atoms with Crippen molar-refractivity contribution in [3.63, 3.8) is 0 Å². The molecule has 0 amide bonds. The van der Waals surface area contributed by atoms with Crippen LogP contribution in [0.1, 0.15) is 5.56 Å². The fourth-order valence-corrected chi connectivity index (χ4v) is 1.75. The Morgan fingerprint density at radius 2 is 1.88 bits per heavy atom. The van der Waals surface area contributed by atoms with Gasteiger partial charge >= 0.3 is 0 Å². The predicted molar refractivity (Wildman–Crippen MR) is 62.0 cm³/mol. The first-order valence-electron chi connectivity index (χ1n) is 5.11. The maximum absolute atomic E-state index is 5.66. The summed E-state index contributed by atoms with van der Waals surface area (Å²) in [5.74, 6) is 0.819. The highest BCUT2D eigenvalue weighted by Crippen LogP contribution is 2.27. The number of benzene rings is 1. The van der Waals surface area contributed by atoms with Gasteiger partial charge in [-0.1, -0.05) is 24.3 Å². The van der Waals surface area contributed by atoms with Gasteiger partial charge in [0.1, 0.15) is 11.3 Å². The molecule has 0 aliphatic rings. The molecule has 16 heavy (non-hydrogen) atoms. The van der Waals surface area contributed by atoms with E-state index >= 15 is 0 Å². The molecular formula is C13H10N2O. The molecule has 2 heterocycles. The second kappa shape index (κ2) is 3.45. The monoisotopic (exact) mass is 210 g/mol. The number of fused-ring (bicyclic) bond motifs is 1. The van der Waals surface area contributed by atoms with Crippen molar-refractivity contribution in [3.05, 3.63) is 48.3 Å². The van der Waals surface area contributed by atoms with Crippen LogP contribution in [-0.2, 0) is 0 Å². The SMILES string of the molecule is Cc1ccccc1-c1cc2nccnc2o1. The van der Waals surface area contributed by atoms with Crippen LogP contribution in [0.15, 0.2) is 47.1 Å². The summed E-state index contributed by atoms with van der Waals surface area (Å²) in [7, 11) is 0. The van der Waals surface area contributed by atoms with E-state index in [1.807, 2.05) is 24.3 Å². The first kappa shape index (κ1) is 9.09. The van der Waals surface area contributed by atoms with Crippen molar-refractivity contribution < 1.29 is 4.42 Å². The van der Waals surface area contributed by atoms with Crippen molar-refractivity contribution in [2.45, 2.75) is 6.92 Å². The molecule has 0 aliphatic heterocycles. The minimum absolute atomic E-state index is 0.584. The van der Waals surface area contributed by atoms with Gasteiger partial charge in [-0.3, -0.25) is 0 Å². The Balaban J connectivity index is 2.23. The average molecular weight is 210 g/mol. The highest BCUT2D eigenvalue weighted by Gasteiger charge is 2.08. The molecule has 3 aromatic rings. The number of furan rings is 1. The van der Waals surface area contributed by atoms with Crippen LogP contribution in [0.3, 0.4) is 0 Å². The quantitative estimate of drug-likeness (QED) is 0.619. The van der Waals surface area contributed by atoms with Crippen molar-refractivity contribution in [1.82, 2.24) is 9.97 Å². The van der Waals surface area contributed by atoms with E-state index in [9.17, 15) is 0 Å². The van der Waals surface area contributed by atoms with Crippen molar-refractivity contribution in [3.8, 4) is 11.3 Å². The van der Waals surface area contributed by atoms with Crippen LogP contribution < -0.4 is 0 Å². The fourth-order valence-electron chi connectivity index (χ4n) is 1.75. The van der Waals surface area contributed by atoms with Crippen molar-refractivity contribution in [1.29, 1.82) is 0 Å². The van der Waals surface area contributed by atoms with Crippen LogP contribution in [-0.4, -0.2) is 9.97 Å². The third-order valence-corrected chi connectivity index (χ3v) is 2.58. The lowest BCUT2D eigenvalue weighted by Gasteiger charge is -1.99. The molecule has 0 fully saturated rings. The first-order chi connectivity index (χ1) is 7.84. The van der Waals surface area contributed by atoms with Gasteiger partial charge < -0.3 is 4.42 Å². The van der Waals surface area contributed by atoms with Gasteiger partial charge in [0.25, 0.3) is 0 Å². The van der Waals surface area contributed by atoms with Crippen molar-refractivity contribution in [2.75, 3.05) is 0 Å². The van der Waals surface area contributed by atoms with Crippen LogP contribution in [0, 0.1) is 6.92 Å². The number of hydrogen-bond donors (Lipinski definition) is 0. The minimum Gasteiger partial charge on any atom is -0.436 e. The predicted octanol–water partition coefficient (Wildman–Crippen LogP) is 3.20. The van der Waals surface area contributed by atoms with Crippen LogP contribution in [0.5, 0.6) is 0 Å². The molecule has 78 valence electrons. The molecule has 1 aromatic carbocycles. The molecule has 2 aromatic heterocycles. The smallest absolute Gasteiger partial charge is 0.245 e. The number of rotatable bonds is 1. The van der Waals surface area contributed by atoms with Crippen LogP contribution >= 0.6 is 0 Å². The third-order valence-electron chi connectivity index (χ3n) is 2.58. The topological polar surface area (TPSA) is 38.9 Å². The maximum Gasteiger partial charge on any atom is 0.245 e. The molecule has 3 rings (SSSR count). The Morgan fingerprint density at radius 3 is 2.69 bits per heavy atom. The van der Waals surface area contributed by atoms with Gasteiger partial charge in [0, 0.05) is 24.0 Å². The summed E-state index contributed by atoms with van der Waals surface area (Å²) >= 11 is 0. The van der Waals surface area contributed by atoms with Gasteiger partial charge in [0.2, 0.25) is 5.71 Å². The van der Waals surface area contributed by atoms with Gasteiger partial charge in [-0.15, -0.1) is 0 Å². The largest absolute Gasteiger partial charge is 0.436 e. The molecule has 0 spiro atoms. The fraction of sp³-hybridized carbons (Fsp3) is 0.0769. The van der Waals surface area contributed by atoms with E-state index in [0.717, 1.165) is 16.8 Å². The van der Waals surface area contributed by atoms with E-state index in [2.05, 4.69) is 23.0 Å². The lowest BCUT2D eigenvalue weighted by molar-refractivity contribution is 0.617. The summed E-state index contributed by atoms with van der Waals surface area (Å²) in [4.78, 5) is 8.33. The molecule has 0 saturated carbocycles. The van der Waals surface area contributed by atoms with Gasteiger partial charge in [-0.25, -0.2) is 9.97 Å². The normalized spacial score (nSPS) is 10.8. The summed E-state index contributed by atoms with van der Waals surface area (Å²) in [5, 5.41) is 0. The number of aryl methyl sites for hydroxylation is 1. The van der Waals surface area contributed by atoms with E-state index in [1.165, 1.54) is 5.56 Å². The Kier molecular flexibility index (Phi) is 1.96. The Labute approximate surface area is 92.8 Å². The van der Waals surface area contributed by atoms with Gasteiger partial charge in [0.15, 0.2) is 0 Å². The molecule has 0 saturated heterocycles. The van der Waals surface area contributed by atoms with E-state index in [-0.39, 0.29) is 0 Å². The molecule has 0 unspecified atom stereocenters. The van der Waals surface area contributed by atoms with Crippen molar-refractivity contribution >= 4 is 11.2 Å². The summed E-state index contributed by atoms with van der Waals surface area (Å²) in [6.07, 6.45) is 3.30. The zero-order chi connectivity index (χ0) is 11.0. The van der Waals surface area contributed by atoms with Gasteiger partial charge in [0.05, 0.1) is 0 Å². The third kappa shape index (κ3) is 1.37. The summed E-state index contributed by atoms with van der Waals surface area (Å²) in [6.45, 7) is 2.06. The number of aromatic nitrogens is 2. The maximum atomic E-state index is 5.66. The van der Waals surface area contributed by atoms with E-state index in [0.29, 0.717) is 5.71 Å². The van der Waals surface area contributed by atoms with Crippen LogP contribution in [0.4, 0.5) is 0 Å². The van der Waals surface area contributed by atoms with E-state index in [4.69, 9.17) is 4.42 Å². The molecule has 0 atom stereocenters. The van der Waals surface area contributed by atoms with Crippen LogP contribution in [0.25, 0.3) is 22.6 Å².